The minimum Gasteiger partial charge on any atom is -0.389 e. The molecule has 0 fully saturated rings. The van der Waals surface area contributed by atoms with Gasteiger partial charge in [0.2, 0.25) is 0 Å². The van der Waals surface area contributed by atoms with Crippen molar-refractivity contribution in [2.75, 3.05) is 6.61 Å². The molecule has 2 aromatic heterocycles. The monoisotopic (exact) mass is 327 g/mol. The van der Waals surface area contributed by atoms with Crippen LogP contribution in [0, 0.1) is 5.82 Å². The summed E-state index contributed by atoms with van der Waals surface area (Å²) in [5.41, 5.74) is 1.40. The Hall–Kier alpha value is -2.57. The normalized spacial score (nSPS) is 12.2. The standard InChI is InChI=1S/C18H18FN3O2/c19-17-4-2-1-3-15(17)12-24-13-16(23)11-22-10-9-21-18(22)14-5-7-20-8-6-14/h1-10,16,23H,11-13H2/t16-/m0/s1. The number of rotatable bonds is 7. The van der Waals surface area contributed by atoms with Crippen LogP contribution in [0.25, 0.3) is 11.4 Å². The van der Waals surface area contributed by atoms with Crippen LogP contribution in [0.1, 0.15) is 5.56 Å². The van der Waals surface area contributed by atoms with Gasteiger partial charge < -0.3 is 14.4 Å². The SMILES string of the molecule is O[C@H](COCc1ccccc1F)Cn1ccnc1-c1ccncc1. The molecule has 1 N–H and O–H groups in total. The van der Waals surface area contributed by atoms with Crippen molar-refractivity contribution in [2.24, 2.45) is 0 Å². The summed E-state index contributed by atoms with van der Waals surface area (Å²) in [6, 6.07) is 10.2. The second-order valence-corrected chi connectivity index (χ2v) is 5.40. The molecule has 24 heavy (non-hydrogen) atoms. The van der Waals surface area contributed by atoms with Crippen LogP contribution in [0.4, 0.5) is 4.39 Å². The van der Waals surface area contributed by atoms with E-state index in [-0.39, 0.29) is 19.0 Å². The van der Waals surface area contributed by atoms with Crippen molar-refractivity contribution in [1.29, 1.82) is 0 Å². The second-order valence-electron chi connectivity index (χ2n) is 5.40. The molecule has 0 saturated carbocycles. The fourth-order valence-electron chi connectivity index (χ4n) is 2.42. The van der Waals surface area contributed by atoms with Gasteiger partial charge in [-0.3, -0.25) is 4.98 Å². The number of ether oxygens (including phenoxy) is 1. The van der Waals surface area contributed by atoms with Gasteiger partial charge in [0.1, 0.15) is 11.6 Å². The van der Waals surface area contributed by atoms with Gasteiger partial charge in [-0.1, -0.05) is 18.2 Å². The first-order chi connectivity index (χ1) is 11.7. The van der Waals surface area contributed by atoms with Gasteiger partial charge in [-0.2, -0.15) is 0 Å². The molecule has 124 valence electrons. The average Bonchev–Trinajstić information content (AvgIpc) is 3.05. The molecule has 0 aliphatic carbocycles. The topological polar surface area (TPSA) is 60.2 Å². The molecular formula is C18H18FN3O2. The number of aliphatic hydroxyl groups is 1. The predicted molar refractivity (Wildman–Crippen MR) is 87.5 cm³/mol. The first-order valence-electron chi connectivity index (χ1n) is 7.65. The zero-order valence-corrected chi connectivity index (χ0v) is 13.0. The van der Waals surface area contributed by atoms with Crippen LogP contribution in [-0.4, -0.2) is 32.4 Å². The molecule has 0 aliphatic rings. The van der Waals surface area contributed by atoms with E-state index in [2.05, 4.69) is 9.97 Å². The molecule has 1 aromatic carbocycles. The Morgan fingerprint density at radius 3 is 2.71 bits per heavy atom. The lowest BCUT2D eigenvalue weighted by atomic mass is 10.2. The number of aliphatic hydroxyl groups excluding tert-OH is 1. The molecule has 0 saturated heterocycles. The maximum absolute atomic E-state index is 13.5. The highest BCUT2D eigenvalue weighted by molar-refractivity contribution is 5.54. The number of hydrogen-bond donors (Lipinski definition) is 1. The molecule has 0 spiro atoms. The van der Waals surface area contributed by atoms with Gasteiger partial charge in [0.15, 0.2) is 0 Å². The van der Waals surface area contributed by atoms with Gasteiger partial charge in [-0.05, 0) is 18.2 Å². The molecular weight excluding hydrogens is 309 g/mol. The molecule has 0 unspecified atom stereocenters. The number of halogens is 1. The highest BCUT2D eigenvalue weighted by Gasteiger charge is 2.11. The highest BCUT2D eigenvalue weighted by atomic mass is 19.1. The Morgan fingerprint density at radius 1 is 1.12 bits per heavy atom. The number of imidazole rings is 1. The fourth-order valence-corrected chi connectivity index (χ4v) is 2.42. The maximum Gasteiger partial charge on any atom is 0.140 e. The van der Waals surface area contributed by atoms with Gasteiger partial charge in [-0.25, -0.2) is 9.37 Å². The summed E-state index contributed by atoms with van der Waals surface area (Å²) in [5, 5.41) is 10.2. The first kappa shape index (κ1) is 16.3. The van der Waals surface area contributed by atoms with Gasteiger partial charge >= 0.3 is 0 Å². The fraction of sp³-hybridized carbons (Fsp3) is 0.222. The lowest BCUT2D eigenvalue weighted by molar-refractivity contribution is 0.0196. The van der Waals surface area contributed by atoms with E-state index < -0.39 is 6.10 Å². The number of aromatic nitrogens is 3. The van der Waals surface area contributed by atoms with Crippen LogP contribution in [-0.2, 0) is 17.9 Å². The van der Waals surface area contributed by atoms with E-state index in [0.29, 0.717) is 12.1 Å². The largest absolute Gasteiger partial charge is 0.389 e. The summed E-state index contributed by atoms with van der Waals surface area (Å²) in [7, 11) is 0. The Labute approximate surface area is 139 Å². The van der Waals surface area contributed by atoms with E-state index >= 15 is 0 Å². The summed E-state index contributed by atoms with van der Waals surface area (Å²) in [4.78, 5) is 8.30. The summed E-state index contributed by atoms with van der Waals surface area (Å²) in [6.07, 6.45) is 6.16. The number of hydrogen-bond acceptors (Lipinski definition) is 4. The molecule has 3 rings (SSSR count). The lowest BCUT2D eigenvalue weighted by Gasteiger charge is -2.14. The second kappa shape index (κ2) is 7.81. The lowest BCUT2D eigenvalue weighted by Crippen LogP contribution is -2.22. The smallest absolute Gasteiger partial charge is 0.140 e. The number of pyridine rings is 1. The van der Waals surface area contributed by atoms with Crippen LogP contribution < -0.4 is 0 Å². The van der Waals surface area contributed by atoms with Crippen molar-refractivity contribution in [3.63, 3.8) is 0 Å². The van der Waals surface area contributed by atoms with Gasteiger partial charge in [0.05, 0.1) is 25.9 Å². The molecule has 1 atom stereocenters. The van der Waals surface area contributed by atoms with E-state index in [0.717, 1.165) is 11.4 Å². The Morgan fingerprint density at radius 2 is 1.92 bits per heavy atom. The molecule has 0 radical (unpaired) electrons. The van der Waals surface area contributed by atoms with Gasteiger partial charge in [0, 0.05) is 35.9 Å². The van der Waals surface area contributed by atoms with Crippen LogP contribution in [0.2, 0.25) is 0 Å². The van der Waals surface area contributed by atoms with E-state index in [1.807, 2.05) is 16.7 Å². The van der Waals surface area contributed by atoms with E-state index in [1.54, 1.807) is 43.0 Å². The van der Waals surface area contributed by atoms with Gasteiger partial charge in [-0.15, -0.1) is 0 Å². The van der Waals surface area contributed by atoms with Crippen molar-refractivity contribution >= 4 is 0 Å². The summed E-state index contributed by atoms with van der Waals surface area (Å²) >= 11 is 0. The van der Waals surface area contributed by atoms with E-state index in [1.165, 1.54) is 6.07 Å². The zero-order chi connectivity index (χ0) is 16.8. The van der Waals surface area contributed by atoms with E-state index in [9.17, 15) is 9.50 Å². The van der Waals surface area contributed by atoms with Crippen LogP contribution in [0.3, 0.4) is 0 Å². The summed E-state index contributed by atoms with van der Waals surface area (Å²) in [6.45, 7) is 0.585. The summed E-state index contributed by atoms with van der Waals surface area (Å²) in [5.74, 6) is 0.451. The third kappa shape index (κ3) is 4.04. The van der Waals surface area contributed by atoms with Crippen molar-refractivity contribution in [3.8, 4) is 11.4 Å². The zero-order valence-electron chi connectivity index (χ0n) is 13.0. The molecule has 0 amide bonds. The molecule has 0 aliphatic heterocycles. The van der Waals surface area contributed by atoms with Crippen molar-refractivity contribution < 1.29 is 14.2 Å². The van der Waals surface area contributed by atoms with Crippen LogP contribution in [0.5, 0.6) is 0 Å². The third-order valence-corrected chi connectivity index (χ3v) is 3.59. The third-order valence-electron chi connectivity index (χ3n) is 3.59. The minimum atomic E-state index is -0.716. The van der Waals surface area contributed by atoms with Gasteiger partial charge in [0.25, 0.3) is 0 Å². The van der Waals surface area contributed by atoms with Crippen molar-refractivity contribution in [1.82, 2.24) is 14.5 Å². The highest BCUT2D eigenvalue weighted by Crippen LogP contribution is 2.16. The molecule has 0 bridgehead atoms. The number of benzene rings is 1. The minimum absolute atomic E-state index is 0.113. The van der Waals surface area contributed by atoms with Crippen molar-refractivity contribution in [2.45, 2.75) is 19.3 Å². The Kier molecular flexibility index (Phi) is 5.30. The molecule has 6 heteroatoms. The molecule has 3 aromatic rings. The van der Waals surface area contributed by atoms with Crippen LogP contribution in [0.15, 0.2) is 61.2 Å². The Bertz CT molecular complexity index is 777. The first-order valence-corrected chi connectivity index (χ1v) is 7.65. The average molecular weight is 327 g/mol. The predicted octanol–water partition coefficient (Wildman–Crippen LogP) is 2.66. The molecule has 2 heterocycles. The summed E-state index contributed by atoms with van der Waals surface area (Å²) < 4.78 is 20.8. The van der Waals surface area contributed by atoms with Crippen molar-refractivity contribution in [3.05, 3.63) is 72.6 Å². The number of nitrogens with zero attached hydrogens (tertiary/aromatic N) is 3. The quantitative estimate of drug-likeness (QED) is 0.725. The molecule has 5 nitrogen and oxygen atoms in total. The van der Waals surface area contributed by atoms with E-state index in [4.69, 9.17) is 4.74 Å². The Balaban J connectivity index is 1.55. The van der Waals surface area contributed by atoms with Crippen LogP contribution >= 0.6 is 0 Å². The maximum atomic E-state index is 13.5.